The fraction of sp³-hybridized carbons (Fsp3) is 0.750. The lowest BCUT2D eigenvalue weighted by molar-refractivity contribution is 0.447. The summed E-state index contributed by atoms with van der Waals surface area (Å²) in [6.45, 7) is 6.71. The highest BCUT2D eigenvalue weighted by atomic mass is 79.9. The van der Waals surface area contributed by atoms with Crippen molar-refractivity contribution in [2.24, 2.45) is 5.92 Å². The average molecular weight is 350 g/mol. The SMILES string of the molecule is CC1C(Br)CCC1c1c(Br)cnn1C(C)C. The maximum atomic E-state index is 4.47. The zero-order chi connectivity index (χ0) is 11.9. The van der Waals surface area contributed by atoms with Crippen molar-refractivity contribution in [3.8, 4) is 0 Å². The van der Waals surface area contributed by atoms with Gasteiger partial charge in [0.05, 0.1) is 16.4 Å². The van der Waals surface area contributed by atoms with Crippen molar-refractivity contribution >= 4 is 31.9 Å². The van der Waals surface area contributed by atoms with E-state index in [0.29, 0.717) is 22.7 Å². The van der Waals surface area contributed by atoms with Crippen LogP contribution in [0.3, 0.4) is 0 Å². The van der Waals surface area contributed by atoms with Gasteiger partial charge in [-0.1, -0.05) is 22.9 Å². The maximum Gasteiger partial charge on any atom is 0.0635 e. The summed E-state index contributed by atoms with van der Waals surface area (Å²) in [5.41, 5.74) is 1.38. The Bertz CT molecular complexity index is 373. The van der Waals surface area contributed by atoms with Crippen LogP contribution in [0.1, 0.15) is 51.3 Å². The molecule has 1 aliphatic rings. The molecule has 0 amide bonds. The van der Waals surface area contributed by atoms with Crippen LogP contribution in [-0.2, 0) is 0 Å². The van der Waals surface area contributed by atoms with Crippen molar-refractivity contribution in [2.45, 2.75) is 50.4 Å². The van der Waals surface area contributed by atoms with Gasteiger partial charge in [0.25, 0.3) is 0 Å². The van der Waals surface area contributed by atoms with Crippen LogP contribution >= 0.6 is 31.9 Å². The molecular formula is C12H18Br2N2. The maximum absolute atomic E-state index is 4.47. The van der Waals surface area contributed by atoms with E-state index in [9.17, 15) is 0 Å². The zero-order valence-corrected chi connectivity index (χ0v) is 13.1. The molecule has 3 unspecified atom stereocenters. The quantitative estimate of drug-likeness (QED) is 0.718. The first-order valence-corrected chi connectivity index (χ1v) is 7.60. The number of alkyl halides is 1. The van der Waals surface area contributed by atoms with E-state index in [1.54, 1.807) is 0 Å². The zero-order valence-electron chi connectivity index (χ0n) is 9.95. The molecule has 1 heterocycles. The second-order valence-electron chi connectivity index (χ2n) is 4.98. The Morgan fingerprint density at radius 2 is 2.12 bits per heavy atom. The molecule has 1 aromatic rings. The van der Waals surface area contributed by atoms with Crippen LogP contribution in [0.15, 0.2) is 10.7 Å². The van der Waals surface area contributed by atoms with E-state index in [-0.39, 0.29) is 0 Å². The third-order valence-electron chi connectivity index (χ3n) is 3.59. The molecule has 0 radical (unpaired) electrons. The van der Waals surface area contributed by atoms with Crippen LogP contribution < -0.4 is 0 Å². The summed E-state index contributed by atoms with van der Waals surface area (Å²) in [5.74, 6) is 1.31. The smallest absolute Gasteiger partial charge is 0.0635 e. The third-order valence-corrected chi connectivity index (χ3v) is 5.49. The van der Waals surface area contributed by atoms with Crippen molar-refractivity contribution in [3.63, 3.8) is 0 Å². The molecule has 0 aromatic carbocycles. The van der Waals surface area contributed by atoms with Crippen molar-refractivity contribution in [3.05, 3.63) is 16.4 Å². The number of nitrogens with zero attached hydrogens (tertiary/aromatic N) is 2. The first kappa shape index (κ1) is 12.6. The molecule has 0 spiro atoms. The topological polar surface area (TPSA) is 17.8 Å². The van der Waals surface area contributed by atoms with Crippen LogP contribution in [0.2, 0.25) is 0 Å². The van der Waals surface area contributed by atoms with Gasteiger partial charge < -0.3 is 0 Å². The molecular weight excluding hydrogens is 332 g/mol. The molecule has 1 aliphatic carbocycles. The van der Waals surface area contributed by atoms with Gasteiger partial charge in [-0.2, -0.15) is 5.10 Å². The van der Waals surface area contributed by atoms with E-state index in [0.717, 1.165) is 0 Å². The molecule has 1 saturated carbocycles. The fourth-order valence-corrected chi connectivity index (χ4v) is 3.81. The van der Waals surface area contributed by atoms with Crippen LogP contribution in [-0.4, -0.2) is 14.6 Å². The Kier molecular flexibility index (Phi) is 3.79. The molecule has 0 N–H and O–H groups in total. The van der Waals surface area contributed by atoms with Crippen LogP contribution in [0.25, 0.3) is 0 Å². The fourth-order valence-electron chi connectivity index (χ4n) is 2.61. The van der Waals surface area contributed by atoms with Gasteiger partial charge in [-0.15, -0.1) is 0 Å². The monoisotopic (exact) mass is 348 g/mol. The van der Waals surface area contributed by atoms with Gasteiger partial charge in [0.1, 0.15) is 0 Å². The number of rotatable bonds is 2. The summed E-state index contributed by atoms with van der Waals surface area (Å²) in [6.07, 6.45) is 4.46. The van der Waals surface area contributed by atoms with E-state index in [2.05, 4.69) is 62.4 Å². The highest BCUT2D eigenvalue weighted by Gasteiger charge is 2.35. The second-order valence-corrected chi connectivity index (χ2v) is 7.01. The molecule has 1 aromatic heterocycles. The summed E-state index contributed by atoms with van der Waals surface area (Å²) < 4.78 is 3.33. The molecule has 4 heteroatoms. The lowest BCUT2D eigenvalue weighted by Crippen LogP contribution is -2.16. The average Bonchev–Trinajstić information content (AvgIpc) is 2.73. The number of aromatic nitrogens is 2. The van der Waals surface area contributed by atoms with Crippen molar-refractivity contribution in [2.75, 3.05) is 0 Å². The molecule has 0 bridgehead atoms. The second kappa shape index (κ2) is 4.81. The molecule has 0 aliphatic heterocycles. The lowest BCUT2D eigenvalue weighted by Gasteiger charge is -2.21. The van der Waals surface area contributed by atoms with Crippen LogP contribution in [0, 0.1) is 5.92 Å². The van der Waals surface area contributed by atoms with Crippen molar-refractivity contribution in [1.82, 2.24) is 9.78 Å². The minimum atomic E-state index is 0.433. The summed E-state index contributed by atoms with van der Waals surface area (Å²) >= 11 is 7.42. The first-order valence-electron chi connectivity index (χ1n) is 5.89. The van der Waals surface area contributed by atoms with Gasteiger partial charge in [-0.3, -0.25) is 4.68 Å². The number of hydrogen-bond acceptors (Lipinski definition) is 1. The largest absolute Gasteiger partial charge is 0.266 e. The third kappa shape index (κ3) is 2.10. The molecule has 90 valence electrons. The molecule has 2 rings (SSSR count). The minimum Gasteiger partial charge on any atom is -0.266 e. The molecule has 1 fully saturated rings. The van der Waals surface area contributed by atoms with E-state index >= 15 is 0 Å². The lowest BCUT2D eigenvalue weighted by atomic mass is 9.94. The molecule has 3 atom stereocenters. The standard InChI is InChI=1S/C12H18Br2N2/c1-7(2)16-12(11(14)6-15-16)9-4-5-10(13)8(9)3/h6-10H,4-5H2,1-3H3. The first-order chi connectivity index (χ1) is 7.52. The Hall–Kier alpha value is 0.170. The number of hydrogen-bond donors (Lipinski definition) is 0. The van der Waals surface area contributed by atoms with E-state index < -0.39 is 0 Å². The summed E-state index contributed by atoms with van der Waals surface area (Å²) in [5, 5.41) is 4.47. The summed E-state index contributed by atoms with van der Waals surface area (Å²) in [6, 6.07) is 0.433. The predicted molar refractivity (Wildman–Crippen MR) is 74.2 cm³/mol. The Morgan fingerprint density at radius 3 is 2.62 bits per heavy atom. The Balaban J connectivity index is 2.36. The highest BCUT2D eigenvalue weighted by molar-refractivity contribution is 9.10. The highest BCUT2D eigenvalue weighted by Crippen LogP contribution is 2.45. The minimum absolute atomic E-state index is 0.433. The number of halogens is 2. The van der Waals surface area contributed by atoms with Crippen molar-refractivity contribution < 1.29 is 0 Å². The van der Waals surface area contributed by atoms with Crippen LogP contribution in [0.4, 0.5) is 0 Å². The summed E-state index contributed by atoms with van der Waals surface area (Å²) in [7, 11) is 0. The van der Waals surface area contributed by atoms with Gasteiger partial charge in [-0.25, -0.2) is 0 Å². The molecule has 0 saturated heterocycles. The van der Waals surface area contributed by atoms with E-state index in [1.165, 1.54) is 23.0 Å². The van der Waals surface area contributed by atoms with Gasteiger partial charge in [0.15, 0.2) is 0 Å². The normalized spacial score (nSPS) is 30.2. The van der Waals surface area contributed by atoms with Gasteiger partial charge in [0, 0.05) is 16.8 Å². The van der Waals surface area contributed by atoms with Gasteiger partial charge >= 0.3 is 0 Å². The molecule has 2 nitrogen and oxygen atoms in total. The summed E-state index contributed by atoms with van der Waals surface area (Å²) in [4.78, 5) is 0.653. The van der Waals surface area contributed by atoms with Crippen molar-refractivity contribution in [1.29, 1.82) is 0 Å². The van der Waals surface area contributed by atoms with Gasteiger partial charge in [-0.05, 0) is 48.5 Å². The van der Waals surface area contributed by atoms with Gasteiger partial charge in [0.2, 0.25) is 0 Å². The molecule has 16 heavy (non-hydrogen) atoms. The van der Waals surface area contributed by atoms with E-state index in [4.69, 9.17) is 0 Å². The van der Waals surface area contributed by atoms with Crippen LogP contribution in [0.5, 0.6) is 0 Å². The van der Waals surface area contributed by atoms with E-state index in [1.807, 2.05) is 6.20 Å². The predicted octanol–water partition coefficient (Wildman–Crippen LogP) is 4.50. The Labute approximate surface area is 114 Å². The Morgan fingerprint density at radius 1 is 1.44 bits per heavy atom.